The third-order valence-corrected chi connectivity index (χ3v) is 6.54. The molecule has 0 aliphatic carbocycles. The van der Waals surface area contributed by atoms with Gasteiger partial charge in [-0.1, -0.05) is 60.1 Å². The average Bonchev–Trinajstić information content (AvgIpc) is 2.84. The summed E-state index contributed by atoms with van der Waals surface area (Å²) in [5.41, 5.74) is 8.32. The van der Waals surface area contributed by atoms with Gasteiger partial charge < -0.3 is 11.1 Å². The van der Waals surface area contributed by atoms with E-state index < -0.39 is 15.9 Å². The van der Waals surface area contributed by atoms with Crippen molar-refractivity contribution < 1.29 is 12.8 Å². The summed E-state index contributed by atoms with van der Waals surface area (Å²) in [5, 5.41) is 3.78. The maximum atomic E-state index is 14.4. The summed E-state index contributed by atoms with van der Waals surface area (Å²) in [6.45, 7) is 5.21. The van der Waals surface area contributed by atoms with Crippen molar-refractivity contribution in [2.75, 3.05) is 0 Å². The van der Waals surface area contributed by atoms with Gasteiger partial charge in [0.15, 0.2) is 0 Å². The molecule has 3 aromatic rings. The highest BCUT2D eigenvalue weighted by Crippen LogP contribution is 2.33. The summed E-state index contributed by atoms with van der Waals surface area (Å²) in [6.07, 6.45) is 4.58. The zero-order chi connectivity index (χ0) is 26.3. The number of guanidine groups is 1. The fourth-order valence-corrected chi connectivity index (χ4v) is 4.28. The highest BCUT2D eigenvalue weighted by atomic mass is 35.5. The number of pyridine rings is 1. The number of allylic oxidation sites excluding steroid dienone is 5. The number of hydrogen-bond donors (Lipinski definition) is 2. The number of benzene rings is 2. The fraction of sp³-hybridized carbons (Fsp3) is 0.0769. The molecule has 36 heavy (non-hydrogen) atoms. The molecular weight excluding hydrogens is 522 g/mol. The number of nitrogens with two attached hydrogens (primary N) is 1. The Morgan fingerprint density at radius 2 is 1.83 bits per heavy atom. The van der Waals surface area contributed by atoms with Crippen molar-refractivity contribution in [1.29, 1.82) is 0 Å². The molecule has 10 heteroatoms. The van der Waals surface area contributed by atoms with Gasteiger partial charge in [-0.25, -0.2) is 4.39 Å². The second kappa shape index (κ2) is 12.0. The Bertz CT molecular complexity index is 1450. The Hall–Kier alpha value is -3.46. The van der Waals surface area contributed by atoms with Crippen LogP contribution in [0.2, 0.25) is 5.02 Å². The van der Waals surface area contributed by atoms with Crippen LogP contribution in [0.3, 0.4) is 0 Å². The van der Waals surface area contributed by atoms with Crippen molar-refractivity contribution in [1.82, 2.24) is 10.3 Å². The monoisotopic (exact) mass is 544 g/mol. The predicted molar refractivity (Wildman–Crippen MR) is 145 cm³/mol. The van der Waals surface area contributed by atoms with Crippen LogP contribution in [0.15, 0.2) is 106 Å². The van der Waals surface area contributed by atoms with Crippen LogP contribution in [-0.2, 0) is 16.6 Å². The van der Waals surface area contributed by atoms with Crippen LogP contribution in [0.5, 0.6) is 0 Å². The smallest absolute Gasteiger partial charge is 0.285 e. The average molecular weight is 545 g/mol. The van der Waals surface area contributed by atoms with Crippen molar-refractivity contribution >= 4 is 44.8 Å². The molecular formula is C26H23Cl2FN4O2S. The topological polar surface area (TPSA) is 97.4 Å². The van der Waals surface area contributed by atoms with E-state index in [0.29, 0.717) is 26.9 Å². The molecule has 3 N–H and O–H groups in total. The molecule has 6 nitrogen and oxygen atoms in total. The number of sulfonamides is 1. The minimum absolute atomic E-state index is 0.0257. The third kappa shape index (κ3) is 7.27. The van der Waals surface area contributed by atoms with Gasteiger partial charge >= 0.3 is 0 Å². The van der Waals surface area contributed by atoms with Gasteiger partial charge in [-0.2, -0.15) is 8.42 Å². The van der Waals surface area contributed by atoms with E-state index in [1.807, 2.05) is 0 Å². The van der Waals surface area contributed by atoms with E-state index in [1.54, 1.807) is 61.5 Å². The number of halogens is 3. The summed E-state index contributed by atoms with van der Waals surface area (Å²) in [6, 6.07) is 16.5. The zero-order valence-electron chi connectivity index (χ0n) is 19.3. The first-order chi connectivity index (χ1) is 17.1. The number of hydrogen-bond acceptors (Lipinski definition) is 3. The summed E-state index contributed by atoms with van der Waals surface area (Å²) >= 11 is 12.0. The summed E-state index contributed by atoms with van der Waals surface area (Å²) in [4.78, 5) is 4.49. The molecule has 0 aliphatic rings. The van der Waals surface area contributed by atoms with E-state index in [0.717, 1.165) is 5.56 Å². The van der Waals surface area contributed by atoms with Gasteiger partial charge in [0, 0.05) is 33.9 Å². The minimum Gasteiger partial charge on any atom is -0.369 e. The van der Waals surface area contributed by atoms with E-state index in [-0.39, 0.29) is 23.0 Å². The largest absolute Gasteiger partial charge is 0.369 e. The Morgan fingerprint density at radius 3 is 2.44 bits per heavy atom. The maximum Gasteiger partial charge on any atom is 0.285 e. The van der Waals surface area contributed by atoms with Gasteiger partial charge in [-0.3, -0.25) is 4.98 Å². The zero-order valence-corrected chi connectivity index (χ0v) is 21.6. The molecule has 0 aliphatic heterocycles. The summed E-state index contributed by atoms with van der Waals surface area (Å²) in [5.74, 6) is -0.961. The first-order valence-electron chi connectivity index (χ1n) is 10.6. The highest BCUT2D eigenvalue weighted by molar-refractivity contribution is 7.90. The molecule has 1 aromatic heterocycles. The van der Waals surface area contributed by atoms with Crippen LogP contribution in [-0.4, -0.2) is 19.4 Å². The van der Waals surface area contributed by atoms with Gasteiger partial charge in [-0.05, 0) is 60.5 Å². The number of nitrogens with zero attached hydrogens (tertiary/aromatic N) is 2. The first-order valence-corrected chi connectivity index (χ1v) is 12.8. The van der Waals surface area contributed by atoms with Crippen molar-refractivity contribution in [3.05, 3.63) is 113 Å². The molecule has 0 radical (unpaired) electrons. The quantitative estimate of drug-likeness (QED) is 0.200. The number of rotatable bonds is 8. The van der Waals surface area contributed by atoms with Crippen molar-refractivity contribution in [3.8, 4) is 11.1 Å². The molecule has 2 aromatic carbocycles. The fourth-order valence-electron chi connectivity index (χ4n) is 3.16. The van der Waals surface area contributed by atoms with Gasteiger partial charge in [0.1, 0.15) is 5.83 Å². The first kappa shape index (κ1) is 27.1. The summed E-state index contributed by atoms with van der Waals surface area (Å²) in [7, 11) is -3.96. The van der Waals surface area contributed by atoms with Crippen LogP contribution in [0, 0.1) is 0 Å². The molecule has 1 heterocycles. The second-order valence-electron chi connectivity index (χ2n) is 7.60. The molecule has 3 rings (SSSR count). The van der Waals surface area contributed by atoms with E-state index >= 15 is 0 Å². The van der Waals surface area contributed by atoms with Crippen LogP contribution >= 0.6 is 23.2 Å². The lowest BCUT2D eigenvalue weighted by Gasteiger charge is -2.14. The molecule has 0 bridgehead atoms. The van der Waals surface area contributed by atoms with Gasteiger partial charge in [0.2, 0.25) is 5.96 Å². The molecule has 0 atom stereocenters. The number of nitrogens with one attached hydrogen (secondary N) is 1. The van der Waals surface area contributed by atoms with Crippen molar-refractivity contribution in [2.24, 2.45) is 10.1 Å². The predicted octanol–water partition coefficient (Wildman–Crippen LogP) is 6.20. The van der Waals surface area contributed by atoms with Gasteiger partial charge in [-0.15, -0.1) is 4.40 Å². The van der Waals surface area contributed by atoms with Gasteiger partial charge in [0.05, 0.1) is 10.6 Å². The van der Waals surface area contributed by atoms with Crippen LogP contribution in [0.4, 0.5) is 4.39 Å². The Labute approximate surface area is 219 Å². The second-order valence-corrected chi connectivity index (χ2v) is 10.2. The van der Waals surface area contributed by atoms with E-state index in [2.05, 4.69) is 21.3 Å². The number of aromatic nitrogens is 1. The Kier molecular flexibility index (Phi) is 9.03. The molecule has 0 unspecified atom stereocenters. The molecule has 0 spiro atoms. The molecule has 0 fully saturated rings. The Balaban J connectivity index is 1.96. The molecule has 0 saturated carbocycles. The van der Waals surface area contributed by atoms with E-state index in [1.165, 1.54) is 24.4 Å². The van der Waals surface area contributed by atoms with Crippen LogP contribution in [0.25, 0.3) is 16.7 Å². The molecule has 0 saturated heterocycles. The lowest BCUT2D eigenvalue weighted by Crippen LogP contribution is -2.32. The highest BCUT2D eigenvalue weighted by Gasteiger charge is 2.16. The summed E-state index contributed by atoms with van der Waals surface area (Å²) < 4.78 is 42.9. The lowest BCUT2D eigenvalue weighted by atomic mass is 9.97. The standard InChI is InChI=1S/C26H23Cl2FN4O2S/c1-17(27)8-13-23(18(2)29)25-24(20-9-11-21(28)12-10-20)14-19(15-31-25)16-32-26(30)33-36(34,35)22-6-4-3-5-7-22/h3-15H,2,16H2,1H3,(H3,30,32,33)/b17-8+,23-13+. The Morgan fingerprint density at radius 1 is 1.17 bits per heavy atom. The van der Waals surface area contributed by atoms with E-state index in [9.17, 15) is 12.8 Å². The van der Waals surface area contributed by atoms with Crippen LogP contribution < -0.4 is 11.1 Å². The van der Waals surface area contributed by atoms with E-state index in [4.69, 9.17) is 28.9 Å². The van der Waals surface area contributed by atoms with Crippen LogP contribution in [0.1, 0.15) is 18.2 Å². The molecule has 186 valence electrons. The third-order valence-electron chi connectivity index (χ3n) is 4.86. The minimum atomic E-state index is -3.96. The normalized spacial score (nSPS) is 12.9. The van der Waals surface area contributed by atoms with Crippen molar-refractivity contribution in [2.45, 2.75) is 18.4 Å². The molecule has 0 amide bonds. The SMILES string of the molecule is C=C(F)/C(=C\C=C(/C)Cl)c1ncc(CN/C(N)=N/S(=O)(=O)c2ccccc2)cc1-c1ccc(Cl)cc1. The maximum absolute atomic E-state index is 14.4. The van der Waals surface area contributed by atoms with Crippen molar-refractivity contribution in [3.63, 3.8) is 0 Å². The van der Waals surface area contributed by atoms with Gasteiger partial charge in [0.25, 0.3) is 10.0 Å². The lowest BCUT2D eigenvalue weighted by molar-refractivity contribution is 0.597.